The van der Waals surface area contributed by atoms with E-state index in [2.05, 4.69) is 61.2 Å². The van der Waals surface area contributed by atoms with E-state index in [1.54, 1.807) is 0 Å². The average Bonchev–Trinajstić information content (AvgIpc) is 3.00. The lowest BCUT2D eigenvalue weighted by Crippen LogP contribution is -2.29. The van der Waals surface area contributed by atoms with E-state index in [-0.39, 0.29) is 11.4 Å². The molecule has 1 heterocycles. The van der Waals surface area contributed by atoms with Crippen LogP contribution in [0.15, 0.2) is 54.6 Å². The maximum absolute atomic E-state index is 11.2. The van der Waals surface area contributed by atoms with Gasteiger partial charge in [-0.2, -0.15) is 0 Å². The first-order chi connectivity index (χ1) is 13.0. The fourth-order valence-corrected chi connectivity index (χ4v) is 4.70. The zero-order valence-corrected chi connectivity index (χ0v) is 16.3. The summed E-state index contributed by atoms with van der Waals surface area (Å²) in [6, 6.07) is 16.6. The Kier molecular flexibility index (Phi) is 4.65. The molecule has 1 aliphatic carbocycles. The molecule has 2 fully saturated rings. The van der Waals surface area contributed by atoms with Gasteiger partial charge in [0.2, 0.25) is 0 Å². The van der Waals surface area contributed by atoms with Crippen LogP contribution in [0.4, 0.5) is 0 Å². The number of likely N-dealkylation sites (tertiary alicyclic amines) is 1. The Hall–Kier alpha value is -2.39. The Balaban J connectivity index is 1.36. The van der Waals surface area contributed by atoms with Gasteiger partial charge in [0.05, 0.1) is 0 Å². The Bertz CT molecular complexity index is 873. The first-order valence-corrected chi connectivity index (χ1v) is 9.72. The van der Waals surface area contributed by atoms with Crippen LogP contribution in [0.1, 0.15) is 30.5 Å². The summed E-state index contributed by atoms with van der Waals surface area (Å²) in [5, 5.41) is 0. The summed E-state index contributed by atoms with van der Waals surface area (Å²) in [7, 11) is 0. The van der Waals surface area contributed by atoms with Crippen LogP contribution in [0, 0.1) is 18.8 Å². The van der Waals surface area contributed by atoms with E-state index in [0.717, 1.165) is 19.6 Å². The molecule has 2 aliphatic rings. The summed E-state index contributed by atoms with van der Waals surface area (Å²) in [6.07, 6.45) is 4.52. The Morgan fingerprint density at radius 2 is 1.93 bits per heavy atom. The highest BCUT2D eigenvalue weighted by atomic mass is 16.5. The molecule has 1 saturated carbocycles. The molecule has 1 saturated heterocycles. The molecule has 3 atom stereocenters. The molecule has 3 nitrogen and oxygen atoms in total. The van der Waals surface area contributed by atoms with Crippen LogP contribution in [0.5, 0.6) is 5.75 Å². The molecule has 27 heavy (non-hydrogen) atoms. The number of hydrogen-bond acceptors (Lipinski definition) is 3. The van der Waals surface area contributed by atoms with E-state index in [1.165, 1.54) is 23.6 Å². The van der Waals surface area contributed by atoms with Gasteiger partial charge in [-0.3, -0.25) is 9.69 Å². The molecule has 3 heteroatoms. The van der Waals surface area contributed by atoms with Gasteiger partial charge in [0.15, 0.2) is 0 Å². The zero-order chi connectivity index (χ0) is 19.0. The second-order valence-corrected chi connectivity index (χ2v) is 8.09. The third-order valence-corrected chi connectivity index (χ3v) is 6.39. The number of piperidine rings is 1. The number of nitrogens with zero attached hydrogens (tertiary/aromatic N) is 1. The lowest BCUT2D eigenvalue weighted by Gasteiger charge is -2.23. The fraction of sp³-hybridized carbons (Fsp3) is 0.375. The van der Waals surface area contributed by atoms with Crippen LogP contribution in [0.3, 0.4) is 0 Å². The van der Waals surface area contributed by atoms with Gasteiger partial charge in [-0.1, -0.05) is 55.5 Å². The van der Waals surface area contributed by atoms with Gasteiger partial charge in [-0.05, 0) is 47.6 Å². The summed E-state index contributed by atoms with van der Waals surface area (Å²) in [5.41, 5.74) is 4.13. The molecule has 0 spiro atoms. The molecule has 0 aromatic heterocycles. The van der Waals surface area contributed by atoms with Gasteiger partial charge < -0.3 is 4.74 Å². The smallest absolute Gasteiger partial charge is 0.308 e. The van der Waals surface area contributed by atoms with Crippen LogP contribution in [0.2, 0.25) is 0 Å². The number of aryl methyl sites for hydroxylation is 1. The minimum absolute atomic E-state index is 0.215. The normalized spacial score (nSPS) is 26.9. The summed E-state index contributed by atoms with van der Waals surface area (Å²) in [6.45, 7) is 9.23. The molecule has 140 valence electrons. The number of esters is 1. The van der Waals surface area contributed by atoms with Gasteiger partial charge in [-0.25, -0.2) is 0 Å². The number of fused-ring (bicyclic) bond motifs is 1. The molecular formula is C24H27NO2. The van der Waals surface area contributed by atoms with Crippen LogP contribution < -0.4 is 4.74 Å². The maximum atomic E-state index is 11.2. The Labute approximate surface area is 161 Å². The van der Waals surface area contributed by atoms with Crippen molar-refractivity contribution in [2.24, 2.45) is 11.8 Å². The molecule has 2 aromatic carbocycles. The summed E-state index contributed by atoms with van der Waals surface area (Å²) in [5.74, 6) is 1.78. The zero-order valence-electron chi connectivity index (χ0n) is 16.3. The molecule has 0 bridgehead atoms. The molecule has 2 aromatic rings. The highest BCUT2D eigenvalue weighted by Gasteiger charge is 2.65. The summed E-state index contributed by atoms with van der Waals surface area (Å²) >= 11 is 0. The molecular weight excluding hydrogens is 334 g/mol. The highest BCUT2D eigenvalue weighted by molar-refractivity contribution is 5.69. The average molecular weight is 361 g/mol. The molecule has 0 amide bonds. The first-order valence-electron chi connectivity index (χ1n) is 9.72. The van der Waals surface area contributed by atoms with Crippen molar-refractivity contribution in [2.75, 3.05) is 19.6 Å². The monoisotopic (exact) mass is 361 g/mol. The Morgan fingerprint density at radius 3 is 2.63 bits per heavy atom. The third-order valence-electron chi connectivity index (χ3n) is 6.39. The fourth-order valence-electron chi connectivity index (χ4n) is 4.70. The van der Waals surface area contributed by atoms with Gasteiger partial charge in [0.1, 0.15) is 5.75 Å². The van der Waals surface area contributed by atoms with E-state index < -0.39 is 0 Å². The van der Waals surface area contributed by atoms with Gasteiger partial charge in [0.25, 0.3) is 0 Å². The summed E-state index contributed by atoms with van der Waals surface area (Å²) < 4.78 is 5.27. The van der Waals surface area contributed by atoms with Crippen LogP contribution in [0.25, 0.3) is 6.08 Å². The topological polar surface area (TPSA) is 29.5 Å². The lowest BCUT2D eigenvalue weighted by atomic mass is 9.92. The predicted molar refractivity (Wildman–Crippen MR) is 109 cm³/mol. The SMILES string of the molecule is CC(=O)Oc1cccc(C2(C)[C@@H]3CN(C/C=C/c4ccccc4C)C[C@@H]32)c1. The Morgan fingerprint density at radius 1 is 1.19 bits per heavy atom. The minimum Gasteiger partial charge on any atom is -0.427 e. The largest absolute Gasteiger partial charge is 0.427 e. The van der Waals surface area contributed by atoms with E-state index in [0.29, 0.717) is 17.6 Å². The molecule has 4 rings (SSSR count). The standard InChI is InChI=1S/C24H27NO2/c1-17-8-4-5-9-19(17)10-7-13-25-15-22-23(16-25)24(22,3)20-11-6-12-21(14-20)27-18(2)26/h4-12,14,22-23H,13,15-16H2,1-3H3/b10-7+/t22-,23+,24?. The number of ether oxygens (including phenoxy) is 1. The van der Waals surface area contributed by atoms with Crippen LogP contribution >= 0.6 is 0 Å². The van der Waals surface area contributed by atoms with Crippen molar-refractivity contribution in [3.8, 4) is 5.75 Å². The van der Waals surface area contributed by atoms with Crippen molar-refractivity contribution in [3.63, 3.8) is 0 Å². The molecule has 0 N–H and O–H groups in total. The number of hydrogen-bond donors (Lipinski definition) is 0. The predicted octanol–water partition coefficient (Wildman–Crippen LogP) is 4.45. The van der Waals surface area contributed by atoms with E-state index in [9.17, 15) is 4.79 Å². The first kappa shape index (κ1) is 18.0. The lowest BCUT2D eigenvalue weighted by molar-refractivity contribution is -0.131. The third kappa shape index (κ3) is 3.44. The van der Waals surface area contributed by atoms with Crippen molar-refractivity contribution >= 4 is 12.0 Å². The number of rotatable bonds is 5. The second-order valence-electron chi connectivity index (χ2n) is 8.09. The molecule has 0 radical (unpaired) electrons. The molecule has 1 unspecified atom stereocenters. The summed E-state index contributed by atoms with van der Waals surface area (Å²) in [4.78, 5) is 13.8. The minimum atomic E-state index is -0.264. The van der Waals surface area contributed by atoms with E-state index >= 15 is 0 Å². The van der Waals surface area contributed by atoms with E-state index in [1.807, 2.05) is 18.2 Å². The van der Waals surface area contributed by atoms with Crippen LogP contribution in [-0.4, -0.2) is 30.5 Å². The van der Waals surface area contributed by atoms with Gasteiger partial charge >= 0.3 is 5.97 Å². The van der Waals surface area contributed by atoms with Crippen molar-refractivity contribution in [3.05, 3.63) is 71.3 Å². The van der Waals surface area contributed by atoms with Crippen molar-refractivity contribution in [2.45, 2.75) is 26.2 Å². The maximum Gasteiger partial charge on any atom is 0.308 e. The van der Waals surface area contributed by atoms with Gasteiger partial charge in [0, 0.05) is 32.0 Å². The van der Waals surface area contributed by atoms with E-state index in [4.69, 9.17) is 4.74 Å². The van der Waals surface area contributed by atoms with Crippen LogP contribution in [-0.2, 0) is 10.2 Å². The second kappa shape index (κ2) is 6.97. The van der Waals surface area contributed by atoms with Crippen molar-refractivity contribution < 1.29 is 9.53 Å². The molecule has 1 aliphatic heterocycles. The highest BCUT2D eigenvalue weighted by Crippen LogP contribution is 2.63. The van der Waals surface area contributed by atoms with Gasteiger partial charge in [-0.15, -0.1) is 0 Å². The quantitative estimate of drug-likeness (QED) is 0.582. The number of carbonyl (C=O) groups is 1. The van der Waals surface area contributed by atoms with Crippen molar-refractivity contribution in [1.29, 1.82) is 0 Å². The number of benzene rings is 2. The number of carbonyl (C=O) groups excluding carboxylic acids is 1. The van der Waals surface area contributed by atoms with Crippen molar-refractivity contribution in [1.82, 2.24) is 4.90 Å².